The summed E-state index contributed by atoms with van der Waals surface area (Å²) in [6.07, 6.45) is 1.97. The molecule has 17 heavy (non-hydrogen) atoms. The van der Waals surface area contributed by atoms with Crippen LogP contribution >= 0.6 is 0 Å². The van der Waals surface area contributed by atoms with Crippen LogP contribution in [0, 0.1) is 6.92 Å². The topological polar surface area (TPSA) is 36.3 Å². The third-order valence-corrected chi connectivity index (χ3v) is 2.47. The van der Waals surface area contributed by atoms with Gasteiger partial charge in [0.25, 0.3) is 0 Å². The van der Waals surface area contributed by atoms with Gasteiger partial charge >= 0.3 is 6.01 Å². The van der Waals surface area contributed by atoms with Crippen molar-refractivity contribution in [3.8, 4) is 17.5 Å². The summed E-state index contributed by atoms with van der Waals surface area (Å²) >= 11 is 0. The van der Waals surface area contributed by atoms with Crippen molar-refractivity contribution in [2.75, 3.05) is 7.11 Å². The summed E-state index contributed by atoms with van der Waals surface area (Å²) in [5.74, 6) is 1.57. The second kappa shape index (κ2) is 4.91. The Morgan fingerprint density at radius 3 is 2.41 bits per heavy atom. The SMILES string of the molecule is CCn1cc(C)nc1Oc1ccc(OC)cc1. The molecule has 2 rings (SSSR count). The summed E-state index contributed by atoms with van der Waals surface area (Å²) in [6.45, 7) is 4.85. The minimum atomic E-state index is 0.621. The predicted molar refractivity (Wildman–Crippen MR) is 65.7 cm³/mol. The number of aryl methyl sites for hydroxylation is 2. The van der Waals surface area contributed by atoms with Gasteiger partial charge in [-0.15, -0.1) is 0 Å². The smallest absolute Gasteiger partial charge is 0.302 e. The fourth-order valence-electron chi connectivity index (χ4n) is 1.58. The van der Waals surface area contributed by atoms with Crippen molar-refractivity contribution < 1.29 is 9.47 Å². The number of rotatable bonds is 4. The van der Waals surface area contributed by atoms with Gasteiger partial charge in [0, 0.05) is 12.7 Å². The van der Waals surface area contributed by atoms with Gasteiger partial charge < -0.3 is 14.0 Å². The van der Waals surface area contributed by atoms with E-state index in [1.54, 1.807) is 7.11 Å². The van der Waals surface area contributed by atoms with E-state index in [0.717, 1.165) is 23.7 Å². The molecule has 0 unspecified atom stereocenters. The molecule has 4 nitrogen and oxygen atoms in total. The van der Waals surface area contributed by atoms with Gasteiger partial charge in [-0.25, -0.2) is 4.98 Å². The Morgan fingerprint density at radius 1 is 1.18 bits per heavy atom. The first kappa shape index (κ1) is 11.5. The fraction of sp³-hybridized carbons (Fsp3) is 0.308. The number of nitrogens with zero attached hydrogens (tertiary/aromatic N) is 2. The molecule has 0 radical (unpaired) electrons. The average molecular weight is 232 g/mol. The lowest BCUT2D eigenvalue weighted by Gasteiger charge is -2.07. The monoisotopic (exact) mass is 232 g/mol. The maximum atomic E-state index is 5.72. The molecule has 1 aromatic heterocycles. The molecule has 90 valence electrons. The van der Waals surface area contributed by atoms with E-state index in [4.69, 9.17) is 9.47 Å². The van der Waals surface area contributed by atoms with Crippen LogP contribution in [0.5, 0.6) is 17.5 Å². The Morgan fingerprint density at radius 2 is 1.82 bits per heavy atom. The van der Waals surface area contributed by atoms with Gasteiger partial charge in [-0.05, 0) is 38.1 Å². The van der Waals surface area contributed by atoms with Crippen LogP contribution in [-0.2, 0) is 6.54 Å². The summed E-state index contributed by atoms with van der Waals surface area (Å²) in [5.41, 5.74) is 0.954. The summed E-state index contributed by atoms with van der Waals surface area (Å²) in [7, 11) is 1.64. The molecule has 0 spiro atoms. The highest BCUT2D eigenvalue weighted by Gasteiger charge is 2.06. The van der Waals surface area contributed by atoms with Gasteiger partial charge in [-0.3, -0.25) is 0 Å². The Bertz CT molecular complexity index is 489. The molecule has 0 saturated carbocycles. The van der Waals surface area contributed by atoms with Crippen LogP contribution in [0.25, 0.3) is 0 Å². The molecule has 0 atom stereocenters. The molecule has 2 aromatic rings. The Kier molecular flexibility index (Phi) is 3.32. The Hall–Kier alpha value is -1.97. The third-order valence-electron chi connectivity index (χ3n) is 2.47. The average Bonchev–Trinajstić information content (AvgIpc) is 2.70. The maximum Gasteiger partial charge on any atom is 0.302 e. The molecule has 0 aliphatic heterocycles. The van der Waals surface area contributed by atoms with Crippen LogP contribution in [0.15, 0.2) is 30.5 Å². The maximum absolute atomic E-state index is 5.72. The van der Waals surface area contributed by atoms with Crippen LogP contribution in [0.1, 0.15) is 12.6 Å². The fourth-order valence-corrected chi connectivity index (χ4v) is 1.58. The number of methoxy groups -OCH3 is 1. The van der Waals surface area contributed by atoms with Crippen molar-refractivity contribution in [2.24, 2.45) is 0 Å². The molecule has 4 heteroatoms. The van der Waals surface area contributed by atoms with Gasteiger partial charge in [0.15, 0.2) is 0 Å². The Labute approximate surface area is 101 Å². The van der Waals surface area contributed by atoms with Crippen molar-refractivity contribution in [1.82, 2.24) is 9.55 Å². The first-order chi connectivity index (χ1) is 8.22. The van der Waals surface area contributed by atoms with Crippen LogP contribution < -0.4 is 9.47 Å². The van der Waals surface area contributed by atoms with Gasteiger partial charge in [-0.1, -0.05) is 0 Å². The van der Waals surface area contributed by atoms with Crippen molar-refractivity contribution in [1.29, 1.82) is 0 Å². The number of imidazole rings is 1. The molecule has 0 saturated heterocycles. The highest BCUT2D eigenvalue weighted by Crippen LogP contribution is 2.23. The van der Waals surface area contributed by atoms with E-state index in [-0.39, 0.29) is 0 Å². The molecule has 0 fully saturated rings. The standard InChI is InChI=1S/C13H16N2O2/c1-4-15-9-10(2)14-13(15)17-12-7-5-11(16-3)6-8-12/h5-9H,4H2,1-3H3. The van der Waals surface area contributed by atoms with Crippen molar-refractivity contribution in [3.63, 3.8) is 0 Å². The van der Waals surface area contributed by atoms with Gasteiger partial charge in [0.2, 0.25) is 0 Å². The first-order valence-corrected chi connectivity index (χ1v) is 5.58. The molecule has 1 heterocycles. The van der Waals surface area contributed by atoms with E-state index in [2.05, 4.69) is 11.9 Å². The number of ether oxygens (including phenoxy) is 2. The summed E-state index contributed by atoms with van der Waals surface area (Å²) in [4.78, 5) is 4.33. The predicted octanol–water partition coefficient (Wildman–Crippen LogP) is 3.01. The zero-order chi connectivity index (χ0) is 12.3. The lowest BCUT2D eigenvalue weighted by atomic mass is 10.3. The van der Waals surface area contributed by atoms with Gasteiger partial charge in [-0.2, -0.15) is 0 Å². The minimum absolute atomic E-state index is 0.621. The number of benzene rings is 1. The molecule has 0 N–H and O–H groups in total. The lowest BCUT2D eigenvalue weighted by molar-refractivity contribution is 0.404. The van der Waals surface area contributed by atoms with E-state index >= 15 is 0 Å². The molecule has 0 bridgehead atoms. The normalized spacial score (nSPS) is 10.3. The molecule has 1 aromatic carbocycles. The van der Waals surface area contributed by atoms with Crippen LogP contribution in [0.2, 0.25) is 0 Å². The third kappa shape index (κ3) is 2.58. The highest BCUT2D eigenvalue weighted by atomic mass is 16.5. The van der Waals surface area contributed by atoms with Crippen LogP contribution in [-0.4, -0.2) is 16.7 Å². The van der Waals surface area contributed by atoms with E-state index in [9.17, 15) is 0 Å². The highest BCUT2D eigenvalue weighted by molar-refractivity contribution is 5.32. The minimum Gasteiger partial charge on any atom is -0.497 e. The second-order valence-corrected chi connectivity index (χ2v) is 3.73. The zero-order valence-electron chi connectivity index (χ0n) is 10.3. The van der Waals surface area contributed by atoms with Crippen molar-refractivity contribution in [3.05, 3.63) is 36.2 Å². The number of hydrogen-bond donors (Lipinski definition) is 0. The molecular formula is C13H16N2O2. The van der Waals surface area contributed by atoms with Gasteiger partial charge in [0.05, 0.1) is 12.8 Å². The molecule has 0 aliphatic rings. The first-order valence-electron chi connectivity index (χ1n) is 5.58. The summed E-state index contributed by atoms with van der Waals surface area (Å²) in [6, 6.07) is 8.07. The van der Waals surface area contributed by atoms with Crippen LogP contribution in [0.3, 0.4) is 0 Å². The quantitative estimate of drug-likeness (QED) is 0.813. The van der Waals surface area contributed by atoms with E-state index in [1.807, 2.05) is 42.0 Å². The van der Waals surface area contributed by atoms with E-state index in [1.165, 1.54) is 0 Å². The Balaban J connectivity index is 2.18. The largest absolute Gasteiger partial charge is 0.497 e. The van der Waals surface area contributed by atoms with Gasteiger partial charge in [0.1, 0.15) is 11.5 Å². The summed E-state index contributed by atoms with van der Waals surface area (Å²) < 4.78 is 12.8. The summed E-state index contributed by atoms with van der Waals surface area (Å²) in [5, 5.41) is 0. The van der Waals surface area contributed by atoms with E-state index < -0.39 is 0 Å². The molecular weight excluding hydrogens is 216 g/mol. The zero-order valence-corrected chi connectivity index (χ0v) is 10.3. The van der Waals surface area contributed by atoms with E-state index in [0.29, 0.717) is 6.01 Å². The van der Waals surface area contributed by atoms with Crippen molar-refractivity contribution in [2.45, 2.75) is 20.4 Å². The number of hydrogen-bond acceptors (Lipinski definition) is 3. The van der Waals surface area contributed by atoms with Crippen molar-refractivity contribution >= 4 is 0 Å². The lowest BCUT2D eigenvalue weighted by Crippen LogP contribution is -1.97. The molecule has 0 amide bonds. The molecule has 0 aliphatic carbocycles. The second-order valence-electron chi connectivity index (χ2n) is 3.73. The number of aromatic nitrogens is 2. The van der Waals surface area contributed by atoms with Crippen LogP contribution in [0.4, 0.5) is 0 Å².